The SMILES string of the molecule is CC(=N\O)/C(C)=N/OI.c1cncnc1. The Kier molecular flexibility index (Phi) is 8.53. The summed E-state index contributed by atoms with van der Waals surface area (Å²) in [5.74, 6) is 0. The van der Waals surface area contributed by atoms with E-state index in [0.717, 1.165) is 0 Å². The zero-order chi connectivity index (χ0) is 11.5. The molecular formula is C8H11IN4O2. The molecule has 0 aliphatic heterocycles. The zero-order valence-corrected chi connectivity index (χ0v) is 10.5. The predicted molar refractivity (Wildman–Crippen MR) is 65.1 cm³/mol. The summed E-state index contributed by atoms with van der Waals surface area (Å²) in [5, 5.41) is 14.6. The van der Waals surface area contributed by atoms with Crippen LogP contribution in [-0.2, 0) is 3.17 Å². The summed E-state index contributed by atoms with van der Waals surface area (Å²) < 4.78 is 4.39. The molecule has 1 heterocycles. The van der Waals surface area contributed by atoms with Crippen molar-refractivity contribution in [3.8, 4) is 0 Å². The topological polar surface area (TPSA) is 80.0 Å². The third-order valence-corrected chi connectivity index (χ3v) is 1.52. The van der Waals surface area contributed by atoms with Gasteiger partial charge in [0, 0.05) is 12.4 Å². The van der Waals surface area contributed by atoms with E-state index < -0.39 is 0 Å². The van der Waals surface area contributed by atoms with Crippen molar-refractivity contribution >= 4 is 34.4 Å². The minimum Gasteiger partial charge on any atom is -0.411 e. The minimum absolute atomic E-state index is 0.451. The van der Waals surface area contributed by atoms with Gasteiger partial charge in [-0.25, -0.2) is 9.97 Å². The van der Waals surface area contributed by atoms with Gasteiger partial charge in [-0.3, -0.25) is 0 Å². The van der Waals surface area contributed by atoms with E-state index in [0.29, 0.717) is 11.4 Å². The van der Waals surface area contributed by atoms with Crippen molar-refractivity contribution in [2.75, 3.05) is 0 Å². The van der Waals surface area contributed by atoms with Crippen LogP contribution in [0, 0.1) is 0 Å². The van der Waals surface area contributed by atoms with Crippen LogP contribution in [0.5, 0.6) is 0 Å². The lowest BCUT2D eigenvalue weighted by molar-refractivity contribution is 0.319. The molecule has 0 amide bonds. The van der Waals surface area contributed by atoms with Gasteiger partial charge in [0.25, 0.3) is 0 Å². The van der Waals surface area contributed by atoms with Crippen LogP contribution in [-0.4, -0.2) is 26.6 Å². The van der Waals surface area contributed by atoms with E-state index >= 15 is 0 Å². The first kappa shape index (κ1) is 13.8. The molecule has 0 unspecified atom stereocenters. The van der Waals surface area contributed by atoms with E-state index in [1.165, 1.54) is 6.33 Å². The number of nitrogens with zero attached hydrogens (tertiary/aromatic N) is 4. The van der Waals surface area contributed by atoms with Gasteiger partial charge in [-0.05, 0) is 19.9 Å². The largest absolute Gasteiger partial charge is 0.411 e. The molecule has 1 aromatic rings. The van der Waals surface area contributed by atoms with E-state index in [-0.39, 0.29) is 0 Å². The highest BCUT2D eigenvalue weighted by atomic mass is 127. The molecule has 7 heteroatoms. The van der Waals surface area contributed by atoms with E-state index in [4.69, 9.17) is 5.21 Å². The van der Waals surface area contributed by atoms with E-state index in [9.17, 15) is 0 Å². The second kappa shape index (κ2) is 9.31. The smallest absolute Gasteiger partial charge is 0.230 e. The number of halogens is 1. The van der Waals surface area contributed by atoms with Gasteiger partial charge >= 0.3 is 0 Å². The predicted octanol–water partition coefficient (Wildman–Crippen LogP) is 2.06. The fourth-order valence-electron chi connectivity index (χ4n) is 0.444. The molecule has 0 aliphatic rings. The Hall–Kier alpha value is -1.25. The average molecular weight is 322 g/mol. The number of hydrogen-bond donors (Lipinski definition) is 1. The number of hydrogen-bond acceptors (Lipinski definition) is 6. The minimum atomic E-state index is 0.451. The van der Waals surface area contributed by atoms with Crippen LogP contribution in [0.2, 0.25) is 0 Å². The summed E-state index contributed by atoms with van der Waals surface area (Å²) in [4.78, 5) is 7.35. The normalized spacial score (nSPS) is 11.4. The van der Waals surface area contributed by atoms with Crippen LogP contribution in [0.15, 0.2) is 35.1 Å². The van der Waals surface area contributed by atoms with Gasteiger partial charge in [-0.2, -0.15) is 0 Å². The Morgan fingerprint density at radius 2 is 1.87 bits per heavy atom. The average Bonchev–Trinajstić information content (AvgIpc) is 2.31. The number of aromatic nitrogens is 2. The van der Waals surface area contributed by atoms with Gasteiger partial charge < -0.3 is 8.37 Å². The Morgan fingerprint density at radius 1 is 1.27 bits per heavy atom. The Morgan fingerprint density at radius 3 is 2.13 bits per heavy atom. The lowest BCUT2D eigenvalue weighted by Gasteiger charge is -1.91. The molecule has 0 radical (unpaired) electrons. The molecule has 6 nitrogen and oxygen atoms in total. The van der Waals surface area contributed by atoms with Crippen LogP contribution in [0.1, 0.15) is 13.8 Å². The van der Waals surface area contributed by atoms with Gasteiger partial charge in [-0.15, -0.1) is 0 Å². The summed E-state index contributed by atoms with van der Waals surface area (Å²) >= 11 is 1.63. The molecule has 0 atom stereocenters. The van der Waals surface area contributed by atoms with Crippen molar-refractivity contribution in [2.45, 2.75) is 13.8 Å². The van der Waals surface area contributed by atoms with Crippen LogP contribution >= 0.6 is 23.0 Å². The van der Waals surface area contributed by atoms with Crippen molar-refractivity contribution in [1.29, 1.82) is 0 Å². The molecular weight excluding hydrogens is 311 g/mol. The van der Waals surface area contributed by atoms with Gasteiger partial charge in [0.1, 0.15) is 17.8 Å². The summed E-state index contributed by atoms with van der Waals surface area (Å²) in [5.41, 5.74) is 1.01. The maximum Gasteiger partial charge on any atom is 0.230 e. The molecule has 0 saturated heterocycles. The summed E-state index contributed by atoms with van der Waals surface area (Å²) in [6, 6.07) is 1.78. The highest BCUT2D eigenvalue weighted by molar-refractivity contribution is 14.1. The van der Waals surface area contributed by atoms with E-state index in [1.54, 1.807) is 55.3 Å². The Labute approximate surface area is 102 Å². The van der Waals surface area contributed by atoms with Crippen molar-refractivity contribution in [2.24, 2.45) is 10.3 Å². The van der Waals surface area contributed by atoms with Crippen molar-refractivity contribution < 1.29 is 8.37 Å². The summed E-state index contributed by atoms with van der Waals surface area (Å²) in [6.07, 6.45) is 4.88. The van der Waals surface area contributed by atoms with Crippen LogP contribution in [0.3, 0.4) is 0 Å². The van der Waals surface area contributed by atoms with E-state index in [2.05, 4.69) is 23.4 Å². The highest BCUT2D eigenvalue weighted by Gasteiger charge is 1.95. The molecule has 0 fully saturated rings. The first-order chi connectivity index (χ1) is 7.22. The number of rotatable bonds is 2. The fourth-order valence-corrected chi connectivity index (χ4v) is 0.739. The maximum absolute atomic E-state index is 8.18. The first-order valence-electron chi connectivity index (χ1n) is 3.93. The monoisotopic (exact) mass is 322 g/mol. The van der Waals surface area contributed by atoms with Gasteiger partial charge in [0.2, 0.25) is 23.0 Å². The molecule has 1 N–H and O–H groups in total. The third-order valence-electron chi connectivity index (χ3n) is 1.32. The summed E-state index contributed by atoms with van der Waals surface area (Å²) in [6.45, 7) is 3.32. The lowest BCUT2D eigenvalue weighted by Crippen LogP contribution is -2.04. The van der Waals surface area contributed by atoms with Crippen LogP contribution in [0.25, 0.3) is 0 Å². The highest BCUT2D eigenvalue weighted by Crippen LogP contribution is 1.89. The Balaban J connectivity index is 0.000000280. The zero-order valence-electron chi connectivity index (χ0n) is 8.33. The van der Waals surface area contributed by atoms with Gasteiger partial charge in [0.05, 0.1) is 0 Å². The number of oxime groups is 2. The summed E-state index contributed by atoms with van der Waals surface area (Å²) in [7, 11) is 0. The standard InChI is InChI=1S/C4H7IN2O2.C4H4N2/c1-3(6-8)4(2)7-9-5;1-2-5-4-6-3-1/h8H,1-2H3;1-4H/b6-3+,7-4+;. The van der Waals surface area contributed by atoms with Gasteiger partial charge in [-0.1, -0.05) is 10.3 Å². The molecule has 0 aliphatic carbocycles. The molecule has 0 spiro atoms. The quantitative estimate of drug-likeness (QED) is 0.391. The molecule has 15 heavy (non-hydrogen) atoms. The second-order valence-corrected chi connectivity index (χ2v) is 2.73. The van der Waals surface area contributed by atoms with Crippen LogP contribution in [0.4, 0.5) is 0 Å². The lowest BCUT2D eigenvalue weighted by atomic mass is 10.3. The van der Waals surface area contributed by atoms with Gasteiger partial charge in [0.15, 0.2) is 0 Å². The third kappa shape index (κ3) is 7.79. The molecule has 0 aromatic carbocycles. The van der Waals surface area contributed by atoms with Crippen molar-refractivity contribution in [1.82, 2.24) is 9.97 Å². The molecule has 82 valence electrons. The van der Waals surface area contributed by atoms with Crippen LogP contribution < -0.4 is 0 Å². The van der Waals surface area contributed by atoms with Crippen molar-refractivity contribution in [3.05, 3.63) is 24.8 Å². The van der Waals surface area contributed by atoms with Crippen molar-refractivity contribution in [3.63, 3.8) is 0 Å². The molecule has 1 rings (SSSR count). The molecule has 0 bridgehead atoms. The molecule has 1 aromatic heterocycles. The van der Waals surface area contributed by atoms with E-state index in [1.807, 2.05) is 0 Å². The first-order valence-corrected chi connectivity index (χ1v) is 4.81. The second-order valence-electron chi connectivity index (χ2n) is 2.34. The fraction of sp³-hybridized carbons (Fsp3) is 0.250. The maximum atomic E-state index is 8.18. The Bertz CT molecular complexity index is 289. The molecule has 0 saturated carbocycles.